The molecule has 1 aliphatic rings. The van der Waals surface area contributed by atoms with Crippen LogP contribution in [0.15, 0.2) is 30.3 Å². The van der Waals surface area contributed by atoms with Gasteiger partial charge in [0, 0.05) is 5.69 Å². The number of benzene rings is 1. The van der Waals surface area contributed by atoms with E-state index < -0.39 is 12.0 Å². The molecule has 0 saturated carbocycles. The smallest absolute Gasteiger partial charge is 0.270 e. The number of amides is 2. The normalized spacial score (nSPS) is 15.8. The quantitative estimate of drug-likeness (QED) is 0.793. The molecule has 0 spiro atoms. The minimum Gasteiger partial charge on any atom is -0.495 e. The Balaban J connectivity index is 1.83. The minimum absolute atomic E-state index is 0.0795. The largest absolute Gasteiger partial charge is 0.495 e. The van der Waals surface area contributed by atoms with Crippen molar-refractivity contribution in [1.82, 2.24) is 4.98 Å². The van der Waals surface area contributed by atoms with E-state index >= 15 is 0 Å². The van der Waals surface area contributed by atoms with Gasteiger partial charge in [0.2, 0.25) is 5.91 Å². The number of aromatic nitrogens is 1. The van der Waals surface area contributed by atoms with Gasteiger partial charge in [0.25, 0.3) is 5.91 Å². The van der Waals surface area contributed by atoms with Gasteiger partial charge in [0.05, 0.1) is 12.1 Å². The predicted octanol–water partition coefficient (Wildman–Crippen LogP) is 2.71. The van der Waals surface area contributed by atoms with E-state index in [2.05, 4.69) is 10.3 Å². The molecule has 0 aliphatic carbocycles. The number of nitrogens with two attached hydrogens (primary N) is 1. The molecule has 0 bridgehead atoms. The fourth-order valence-corrected chi connectivity index (χ4v) is 3.10. The summed E-state index contributed by atoms with van der Waals surface area (Å²) in [4.78, 5) is 30.9. The van der Waals surface area contributed by atoms with Crippen LogP contribution in [0.4, 0.5) is 17.3 Å². The molecule has 1 aromatic carbocycles. The molecule has 1 aromatic heterocycles. The number of hydrogen-bond acceptors (Lipinski definition) is 6. The highest BCUT2D eigenvalue weighted by Gasteiger charge is 2.38. The monoisotopic (exact) mass is 404 g/mol. The molecule has 28 heavy (non-hydrogen) atoms. The summed E-state index contributed by atoms with van der Waals surface area (Å²) < 4.78 is 10.9. The summed E-state index contributed by atoms with van der Waals surface area (Å²) in [5.74, 6) is 0.529. The molecular formula is C19H21ClN4O4. The maximum Gasteiger partial charge on any atom is 0.270 e. The highest BCUT2D eigenvalue weighted by Crippen LogP contribution is 2.34. The van der Waals surface area contributed by atoms with E-state index in [1.54, 1.807) is 30.3 Å². The van der Waals surface area contributed by atoms with Crippen LogP contribution in [-0.4, -0.2) is 36.6 Å². The number of carbonyl (C=O) groups is 2. The lowest BCUT2D eigenvalue weighted by Gasteiger charge is -2.34. The van der Waals surface area contributed by atoms with Gasteiger partial charge in [-0.15, -0.1) is 0 Å². The molecule has 3 rings (SSSR count). The first kappa shape index (κ1) is 19.8. The van der Waals surface area contributed by atoms with Crippen LogP contribution >= 0.6 is 11.6 Å². The average Bonchev–Trinajstić information content (AvgIpc) is 2.64. The van der Waals surface area contributed by atoms with Crippen molar-refractivity contribution in [1.29, 1.82) is 0 Å². The summed E-state index contributed by atoms with van der Waals surface area (Å²) in [6, 6.07) is 8.10. The molecule has 0 saturated heterocycles. The van der Waals surface area contributed by atoms with Crippen molar-refractivity contribution in [3.8, 4) is 11.5 Å². The first-order chi connectivity index (χ1) is 13.3. The SMILES string of the molecule is COc1ccc(NC(=O)CN2C(=O)C(C(C)C)Oc3ccc(N)nc32)cc1Cl. The fraction of sp³-hybridized carbons (Fsp3) is 0.316. The standard InChI is InChI=1S/C19H21ClN4O4/c1-10(2)17-19(26)24(18-14(28-17)6-7-15(21)23-18)9-16(25)22-11-4-5-13(27-3)12(20)8-11/h4-8,10,17H,9H2,1-3H3,(H2,21,23)(H,22,25). The molecule has 1 unspecified atom stereocenters. The van der Waals surface area contributed by atoms with Crippen LogP contribution in [0.2, 0.25) is 5.02 Å². The fourth-order valence-electron chi connectivity index (χ4n) is 2.84. The zero-order valence-electron chi connectivity index (χ0n) is 15.7. The maximum absolute atomic E-state index is 12.9. The van der Waals surface area contributed by atoms with E-state index in [1.165, 1.54) is 12.0 Å². The van der Waals surface area contributed by atoms with Crippen molar-refractivity contribution in [3.63, 3.8) is 0 Å². The van der Waals surface area contributed by atoms with Crippen LogP contribution in [0.1, 0.15) is 13.8 Å². The Morgan fingerprint density at radius 2 is 2.14 bits per heavy atom. The third-order valence-electron chi connectivity index (χ3n) is 4.22. The van der Waals surface area contributed by atoms with Crippen LogP contribution in [-0.2, 0) is 9.59 Å². The molecule has 8 nitrogen and oxygen atoms in total. The van der Waals surface area contributed by atoms with Crippen molar-refractivity contribution in [2.75, 3.05) is 29.6 Å². The van der Waals surface area contributed by atoms with Crippen molar-refractivity contribution in [3.05, 3.63) is 35.4 Å². The predicted molar refractivity (Wildman–Crippen MR) is 107 cm³/mol. The molecule has 2 aromatic rings. The third-order valence-corrected chi connectivity index (χ3v) is 4.52. The van der Waals surface area contributed by atoms with Crippen LogP contribution in [0.5, 0.6) is 11.5 Å². The average molecular weight is 405 g/mol. The molecule has 148 valence electrons. The highest BCUT2D eigenvalue weighted by atomic mass is 35.5. The number of carbonyl (C=O) groups excluding carboxylic acids is 2. The van der Waals surface area contributed by atoms with E-state index in [0.29, 0.717) is 22.2 Å². The second kappa shape index (κ2) is 7.93. The van der Waals surface area contributed by atoms with E-state index in [4.69, 9.17) is 26.8 Å². The molecule has 3 N–H and O–H groups in total. The Bertz CT molecular complexity index is 919. The Morgan fingerprint density at radius 3 is 2.79 bits per heavy atom. The zero-order chi connectivity index (χ0) is 20.4. The summed E-state index contributed by atoms with van der Waals surface area (Å²) in [6.07, 6.45) is -0.707. The van der Waals surface area contributed by atoms with Crippen molar-refractivity contribution < 1.29 is 19.1 Å². The van der Waals surface area contributed by atoms with Crippen molar-refractivity contribution >= 4 is 40.7 Å². The first-order valence-electron chi connectivity index (χ1n) is 8.68. The van der Waals surface area contributed by atoms with Crippen LogP contribution in [0.3, 0.4) is 0 Å². The Hall–Kier alpha value is -3.00. The van der Waals surface area contributed by atoms with Gasteiger partial charge in [-0.25, -0.2) is 4.98 Å². The third kappa shape index (κ3) is 3.96. The number of rotatable bonds is 5. The summed E-state index contributed by atoms with van der Waals surface area (Å²) in [6.45, 7) is 3.50. The second-order valence-corrected chi connectivity index (χ2v) is 7.07. The Labute approximate surface area is 167 Å². The van der Waals surface area contributed by atoms with Gasteiger partial charge in [-0.2, -0.15) is 0 Å². The van der Waals surface area contributed by atoms with E-state index in [1.807, 2.05) is 13.8 Å². The van der Waals surface area contributed by atoms with Gasteiger partial charge < -0.3 is 20.5 Å². The number of nitrogens with zero attached hydrogens (tertiary/aromatic N) is 2. The number of fused-ring (bicyclic) bond motifs is 1. The Kier molecular flexibility index (Phi) is 5.60. The highest BCUT2D eigenvalue weighted by molar-refractivity contribution is 6.32. The number of anilines is 3. The summed E-state index contributed by atoms with van der Waals surface area (Å²) >= 11 is 6.09. The maximum atomic E-state index is 12.9. The number of ether oxygens (including phenoxy) is 2. The van der Waals surface area contributed by atoms with Crippen molar-refractivity contribution in [2.24, 2.45) is 5.92 Å². The van der Waals surface area contributed by atoms with Gasteiger partial charge in [-0.3, -0.25) is 14.5 Å². The summed E-state index contributed by atoms with van der Waals surface area (Å²) in [7, 11) is 1.50. The Morgan fingerprint density at radius 1 is 1.39 bits per heavy atom. The number of nitrogen functional groups attached to an aromatic ring is 1. The van der Waals surface area contributed by atoms with Gasteiger partial charge in [-0.05, 0) is 36.2 Å². The second-order valence-electron chi connectivity index (χ2n) is 6.66. The van der Waals surface area contributed by atoms with Gasteiger partial charge in [-0.1, -0.05) is 25.4 Å². The number of halogens is 1. The topological polar surface area (TPSA) is 107 Å². The van der Waals surface area contributed by atoms with Gasteiger partial charge in [0.15, 0.2) is 17.7 Å². The molecule has 1 aliphatic heterocycles. The van der Waals surface area contributed by atoms with Crippen LogP contribution < -0.4 is 25.4 Å². The molecule has 9 heteroatoms. The lowest BCUT2D eigenvalue weighted by molar-refractivity contribution is -0.129. The molecule has 2 amide bonds. The number of nitrogens with one attached hydrogen (secondary N) is 1. The molecule has 2 heterocycles. The molecule has 0 radical (unpaired) electrons. The lowest BCUT2D eigenvalue weighted by atomic mass is 10.0. The van der Waals surface area contributed by atoms with Crippen molar-refractivity contribution in [2.45, 2.75) is 20.0 Å². The number of pyridine rings is 1. The molecule has 0 fully saturated rings. The van der Waals surface area contributed by atoms with E-state index in [9.17, 15) is 9.59 Å². The van der Waals surface area contributed by atoms with Gasteiger partial charge in [0.1, 0.15) is 18.1 Å². The molecule has 1 atom stereocenters. The lowest BCUT2D eigenvalue weighted by Crippen LogP contribution is -2.51. The summed E-state index contributed by atoms with van der Waals surface area (Å²) in [5, 5.41) is 3.08. The van der Waals surface area contributed by atoms with E-state index in [0.717, 1.165) is 0 Å². The number of hydrogen-bond donors (Lipinski definition) is 2. The van der Waals surface area contributed by atoms with E-state index in [-0.39, 0.29) is 30.0 Å². The summed E-state index contributed by atoms with van der Waals surface area (Å²) in [5.41, 5.74) is 6.23. The van der Waals surface area contributed by atoms with Crippen LogP contribution in [0.25, 0.3) is 0 Å². The molecular weight excluding hydrogens is 384 g/mol. The van der Waals surface area contributed by atoms with Gasteiger partial charge >= 0.3 is 0 Å². The minimum atomic E-state index is -0.707. The first-order valence-corrected chi connectivity index (χ1v) is 9.06. The number of methoxy groups -OCH3 is 1. The zero-order valence-corrected chi connectivity index (χ0v) is 16.5. The van der Waals surface area contributed by atoms with Crippen LogP contribution in [0, 0.1) is 5.92 Å².